The van der Waals surface area contributed by atoms with Crippen LogP contribution in [0.2, 0.25) is 5.02 Å². The van der Waals surface area contributed by atoms with E-state index in [4.69, 9.17) is 23.9 Å². The second kappa shape index (κ2) is 9.56. The van der Waals surface area contributed by atoms with Crippen LogP contribution in [0.4, 0.5) is 29.0 Å². The lowest BCUT2D eigenvalue weighted by atomic mass is 9.71. The molecule has 3 aromatic rings. The van der Waals surface area contributed by atoms with Crippen LogP contribution in [-0.4, -0.2) is 68.7 Å². The van der Waals surface area contributed by atoms with E-state index in [0.29, 0.717) is 33.8 Å². The highest BCUT2D eigenvalue weighted by Crippen LogP contribution is 2.44. The fourth-order valence-electron chi connectivity index (χ4n) is 5.44. The summed E-state index contributed by atoms with van der Waals surface area (Å²) in [6.07, 6.45) is 5.49. The van der Waals surface area contributed by atoms with Crippen molar-refractivity contribution in [2.75, 3.05) is 41.7 Å². The number of benzene rings is 1. The van der Waals surface area contributed by atoms with Gasteiger partial charge in [0.1, 0.15) is 0 Å². The minimum Gasteiger partial charge on any atom is -0.370 e. The van der Waals surface area contributed by atoms with Gasteiger partial charge in [0.25, 0.3) is 17.4 Å². The fourth-order valence-corrected chi connectivity index (χ4v) is 5.72. The average molecular weight is 546 g/mol. The lowest BCUT2D eigenvalue weighted by molar-refractivity contribution is -0.129. The van der Waals surface area contributed by atoms with Gasteiger partial charge in [-0.25, -0.2) is 4.98 Å². The molecule has 12 nitrogen and oxygen atoms in total. The summed E-state index contributed by atoms with van der Waals surface area (Å²) in [4.78, 5) is 28.3. The van der Waals surface area contributed by atoms with Gasteiger partial charge < -0.3 is 26.1 Å². The maximum Gasteiger partial charge on any atom is 0.275 e. The molecule has 3 fully saturated rings. The number of rotatable bonds is 7. The number of likely N-dealkylation sites (tertiary alicyclic amines) is 1. The zero-order valence-corrected chi connectivity index (χ0v) is 22.2. The van der Waals surface area contributed by atoms with E-state index in [1.54, 1.807) is 6.07 Å². The molecule has 1 atom stereocenters. The summed E-state index contributed by atoms with van der Waals surface area (Å²) in [6, 6.07) is 5.79. The van der Waals surface area contributed by atoms with E-state index in [2.05, 4.69) is 46.4 Å². The van der Waals surface area contributed by atoms with Gasteiger partial charge in [-0.2, -0.15) is 10.2 Å². The first-order valence-corrected chi connectivity index (χ1v) is 13.4. The zero-order valence-electron chi connectivity index (χ0n) is 21.5. The molecule has 1 saturated carbocycles. The van der Waals surface area contributed by atoms with Crippen molar-refractivity contribution < 1.29 is 4.79 Å². The van der Waals surface area contributed by atoms with Gasteiger partial charge in [-0.15, -0.1) is 4.52 Å². The van der Waals surface area contributed by atoms with E-state index in [1.165, 1.54) is 10.7 Å². The van der Waals surface area contributed by atoms with Gasteiger partial charge in [0.15, 0.2) is 5.82 Å². The molecule has 13 heteroatoms. The number of piperidine rings is 1. The molecule has 2 aromatic heterocycles. The third-order valence-corrected chi connectivity index (χ3v) is 8.40. The lowest BCUT2D eigenvalue weighted by Gasteiger charge is -2.55. The highest BCUT2D eigenvalue weighted by molar-refractivity contribution is 6.36. The summed E-state index contributed by atoms with van der Waals surface area (Å²) in [6.45, 7) is 12.6. The molecule has 39 heavy (non-hydrogen) atoms. The number of carbonyl (C=O) groups is 1. The van der Waals surface area contributed by atoms with Gasteiger partial charge in [-0.3, -0.25) is 9.69 Å². The van der Waals surface area contributed by atoms with E-state index in [-0.39, 0.29) is 29.1 Å². The van der Waals surface area contributed by atoms with E-state index >= 15 is 0 Å². The van der Waals surface area contributed by atoms with Gasteiger partial charge in [0, 0.05) is 32.2 Å². The Balaban J connectivity index is 1.24. The first-order valence-electron chi connectivity index (χ1n) is 13.0. The number of nitrogens with two attached hydrogens (primary N) is 1. The van der Waals surface area contributed by atoms with Gasteiger partial charge >= 0.3 is 0 Å². The number of carbonyl (C=O) groups excluding carboxylic acids is 1. The Bertz CT molecular complexity index is 1530. The lowest BCUT2D eigenvalue weighted by Crippen LogP contribution is -2.64. The predicted octanol–water partition coefficient (Wildman–Crippen LogP) is 3.29. The smallest absolute Gasteiger partial charge is 0.275 e. The Morgan fingerprint density at radius 3 is 2.72 bits per heavy atom. The van der Waals surface area contributed by atoms with E-state index in [0.717, 1.165) is 57.5 Å². The molecule has 3 aliphatic rings. The second-order valence-electron chi connectivity index (χ2n) is 10.7. The normalized spacial score (nSPS) is 19.2. The Morgan fingerprint density at radius 1 is 1.33 bits per heavy atom. The van der Waals surface area contributed by atoms with Crippen LogP contribution in [0.5, 0.6) is 0 Å². The molecule has 4 N–H and O–H groups in total. The minimum absolute atomic E-state index is 0.181. The van der Waals surface area contributed by atoms with Crippen LogP contribution in [0.1, 0.15) is 38.2 Å². The van der Waals surface area contributed by atoms with E-state index < -0.39 is 0 Å². The number of imidazole rings is 1. The maximum atomic E-state index is 11.5. The molecule has 1 amide bonds. The van der Waals surface area contributed by atoms with Crippen LogP contribution in [0, 0.1) is 23.3 Å². The predicted molar refractivity (Wildman–Crippen MR) is 147 cm³/mol. The molecule has 0 bridgehead atoms. The Morgan fingerprint density at radius 2 is 2.08 bits per heavy atom. The van der Waals surface area contributed by atoms with Crippen LogP contribution in [0.15, 0.2) is 18.3 Å². The molecule has 1 spiro atoms. The number of primary amides is 1. The van der Waals surface area contributed by atoms with Crippen LogP contribution in [0.3, 0.4) is 0 Å². The Hall–Kier alpha value is -4.13. The van der Waals surface area contributed by atoms with Gasteiger partial charge in [0.2, 0.25) is 5.91 Å². The summed E-state index contributed by atoms with van der Waals surface area (Å²) < 4.78 is 1.46. The van der Waals surface area contributed by atoms with Crippen molar-refractivity contribution in [3.8, 4) is 6.07 Å². The quantitative estimate of drug-likeness (QED) is 0.381. The zero-order chi connectivity index (χ0) is 27.3. The molecule has 200 valence electrons. The van der Waals surface area contributed by atoms with Crippen molar-refractivity contribution in [1.82, 2.24) is 24.5 Å². The molecule has 6 rings (SSSR count). The third kappa shape index (κ3) is 4.67. The number of amides is 1. The van der Waals surface area contributed by atoms with Gasteiger partial charge in [-0.1, -0.05) is 23.3 Å². The number of hydrogen-bond donors (Lipinski definition) is 3. The Kier molecular flexibility index (Phi) is 6.17. The molecule has 2 aliphatic heterocycles. The molecule has 1 aromatic carbocycles. The maximum absolute atomic E-state index is 11.5. The van der Waals surface area contributed by atoms with Crippen molar-refractivity contribution in [3.63, 3.8) is 0 Å². The number of aromatic nitrogens is 4. The average Bonchev–Trinajstić information content (AvgIpc) is 3.63. The van der Waals surface area contributed by atoms with Crippen molar-refractivity contribution >= 4 is 52.1 Å². The van der Waals surface area contributed by atoms with Crippen LogP contribution in [0.25, 0.3) is 10.5 Å². The summed E-state index contributed by atoms with van der Waals surface area (Å²) in [5, 5.41) is 21.3. The van der Waals surface area contributed by atoms with Crippen LogP contribution in [-0.2, 0) is 4.79 Å². The monoisotopic (exact) mass is 545 g/mol. The number of halogens is 1. The summed E-state index contributed by atoms with van der Waals surface area (Å²) in [5.41, 5.74) is 7.89. The second-order valence-corrected chi connectivity index (χ2v) is 11.1. The van der Waals surface area contributed by atoms with Crippen molar-refractivity contribution in [2.45, 2.75) is 44.7 Å². The van der Waals surface area contributed by atoms with E-state index in [1.807, 2.05) is 13.0 Å². The van der Waals surface area contributed by atoms with Gasteiger partial charge in [-0.05, 0) is 50.2 Å². The number of anilines is 4. The first kappa shape index (κ1) is 25.2. The highest BCUT2D eigenvalue weighted by atomic mass is 35.5. The van der Waals surface area contributed by atoms with Gasteiger partial charge in [0.05, 0.1) is 40.3 Å². The number of nitrogens with zero attached hydrogens (tertiary/aromatic N) is 8. The van der Waals surface area contributed by atoms with Crippen LogP contribution < -0.4 is 21.3 Å². The van der Waals surface area contributed by atoms with Crippen molar-refractivity contribution in [3.05, 3.63) is 40.3 Å². The first-order chi connectivity index (χ1) is 18.8. The van der Waals surface area contributed by atoms with Crippen molar-refractivity contribution in [2.24, 2.45) is 11.1 Å². The van der Waals surface area contributed by atoms with E-state index in [9.17, 15) is 10.1 Å². The number of nitrogens with one attached hydrogen (secondary N) is 2. The molecule has 1 aliphatic carbocycles. The largest absolute Gasteiger partial charge is 0.370 e. The molecule has 2 saturated heterocycles. The summed E-state index contributed by atoms with van der Waals surface area (Å²) in [5.74, 6) is 0.764. The summed E-state index contributed by atoms with van der Waals surface area (Å²) >= 11 is 6.92. The number of nitriles is 1. The van der Waals surface area contributed by atoms with Crippen LogP contribution >= 0.6 is 11.6 Å². The number of hydrogen-bond acceptors (Lipinski definition) is 9. The third-order valence-electron chi connectivity index (χ3n) is 8.01. The molecular formula is C26H28ClN11O. The minimum atomic E-state index is -0.292. The molecule has 1 unspecified atom stereocenters. The standard InChI is InChI=1S/C26H28ClN11O/c1-15(22(29)39)37-13-26(14-37)5-7-36(8-6-26)19-10-16(11-28)9-18(21(19)27)33-25-34-23(32-17-3-4-17)24-31-12-20(30-2)38(24)35-25/h9-10,12,15,17H,3-8,13-14H2,1H3,(H2,29,39)(H2,32,33,34,35). The molecule has 0 radical (unpaired) electrons. The molecule has 4 heterocycles. The topological polar surface area (TPSA) is 145 Å². The summed E-state index contributed by atoms with van der Waals surface area (Å²) in [7, 11) is 0. The highest BCUT2D eigenvalue weighted by Gasteiger charge is 2.47. The molecular weight excluding hydrogens is 518 g/mol. The Labute approximate surface area is 230 Å². The SMILES string of the molecule is [C-]#[N+]c1cnc2c(NC3CC3)nc(Nc3cc(C#N)cc(N4CCC5(CC4)CN(C(C)C(N)=O)C5)c3Cl)nn12. The number of fused-ring (bicyclic) bond motifs is 1. The van der Waals surface area contributed by atoms with Crippen molar-refractivity contribution in [1.29, 1.82) is 5.26 Å². The fraction of sp³-hybridized carbons (Fsp3) is 0.462.